The first-order valence-electron chi connectivity index (χ1n) is 26.0. The summed E-state index contributed by atoms with van der Waals surface area (Å²) in [6.45, 7) is 0. The summed E-state index contributed by atoms with van der Waals surface area (Å²) in [7, 11) is 0. The SMILES string of the molecule is c1ccc(N(c2ccccc2)c2cc(-c3cc(-c4ccc5c(c4)c4ccccc4n5-c4ccccc4)cc(-c4ccc5c6ccccc6n(-c6ccccc6)c5c4)c3)cc(N(c3ccccc3)c3ccccc3)c2)cc1. The van der Waals surface area contributed by atoms with Crippen LogP contribution in [0.3, 0.4) is 0 Å². The van der Waals surface area contributed by atoms with Crippen LogP contribution in [-0.4, -0.2) is 9.13 Å². The summed E-state index contributed by atoms with van der Waals surface area (Å²) in [6.07, 6.45) is 0. The molecule has 0 spiro atoms. The molecule has 4 nitrogen and oxygen atoms in total. The maximum Gasteiger partial charge on any atom is 0.0547 e. The molecule has 14 rings (SSSR count). The van der Waals surface area contributed by atoms with Crippen LogP contribution in [0.25, 0.3) is 88.4 Å². The number of hydrogen-bond donors (Lipinski definition) is 0. The van der Waals surface area contributed by atoms with Gasteiger partial charge in [0.25, 0.3) is 0 Å². The van der Waals surface area contributed by atoms with Crippen molar-refractivity contribution in [3.63, 3.8) is 0 Å². The van der Waals surface area contributed by atoms with Crippen LogP contribution in [0.5, 0.6) is 0 Å². The molecule has 14 aromatic rings. The Morgan fingerprint density at radius 2 is 0.513 bits per heavy atom. The van der Waals surface area contributed by atoms with Crippen LogP contribution >= 0.6 is 0 Å². The van der Waals surface area contributed by atoms with E-state index in [1.165, 1.54) is 43.6 Å². The second-order valence-corrected chi connectivity index (χ2v) is 19.4. The molecule has 0 N–H and O–H groups in total. The van der Waals surface area contributed by atoms with E-state index in [1.54, 1.807) is 0 Å². The Hall–Kier alpha value is -10.2. The average Bonchev–Trinajstić information content (AvgIpc) is 4.06. The van der Waals surface area contributed by atoms with Gasteiger partial charge in [-0.3, -0.25) is 0 Å². The minimum Gasteiger partial charge on any atom is -0.310 e. The van der Waals surface area contributed by atoms with E-state index in [4.69, 9.17) is 0 Å². The van der Waals surface area contributed by atoms with Crippen LogP contribution in [-0.2, 0) is 0 Å². The molecule has 0 fully saturated rings. The molecule has 0 aliphatic heterocycles. The minimum atomic E-state index is 1.04. The van der Waals surface area contributed by atoms with Crippen molar-refractivity contribution < 1.29 is 0 Å². The molecular weight excluding hydrogens is 921 g/mol. The van der Waals surface area contributed by atoms with Crippen LogP contribution in [0.15, 0.2) is 303 Å². The van der Waals surface area contributed by atoms with Gasteiger partial charge in [0.1, 0.15) is 0 Å². The highest BCUT2D eigenvalue weighted by Crippen LogP contribution is 2.45. The number of benzene rings is 12. The average molecular weight is 971 g/mol. The van der Waals surface area contributed by atoms with Crippen molar-refractivity contribution in [2.45, 2.75) is 0 Å². The standard InChI is InChI=1S/C72H50N4/c1-7-23-57(24-8-1)73(58-25-9-2-10-26-58)63-46-56(47-64(50-63)74(59-27-11-3-12-28-59)60-29-13-4-14-30-60)55-44-53(51-40-42-71-68(48-51)66-36-20-22-38-70(66)75(71)61-31-15-5-16-32-61)43-54(45-55)52-39-41-67-65-35-19-21-37-69(65)76(72(67)49-52)62-33-17-6-18-34-62/h1-50H. The second kappa shape index (κ2) is 19.0. The van der Waals surface area contributed by atoms with Crippen LogP contribution in [0, 0.1) is 0 Å². The molecule has 0 atom stereocenters. The Balaban J connectivity index is 1.04. The number of rotatable bonds is 11. The molecule has 0 radical (unpaired) electrons. The smallest absolute Gasteiger partial charge is 0.0547 e. The Morgan fingerprint density at radius 1 is 0.184 bits per heavy atom. The van der Waals surface area contributed by atoms with E-state index in [1.807, 2.05) is 0 Å². The third-order valence-corrected chi connectivity index (χ3v) is 14.8. The lowest BCUT2D eigenvalue weighted by Gasteiger charge is -2.30. The first-order valence-corrected chi connectivity index (χ1v) is 26.0. The predicted octanol–water partition coefficient (Wildman–Crippen LogP) is 19.8. The minimum absolute atomic E-state index is 1.04. The van der Waals surface area contributed by atoms with Crippen LogP contribution in [0.1, 0.15) is 0 Å². The Bertz CT molecular complexity index is 4200. The molecule has 2 heterocycles. The number of aromatic nitrogens is 2. The van der Waals surface area contributed by atoms with Crippen molar-refractivity contribution in [1.29, 1.82) is 0 Å². The molecule has 4 heteroatoms. The Kier molecular flexibility index (Phi) is 11.2. The van der Waals surface area contributed by atoms with Gasteiger partial charge in [0.15, 0.2) is 0 Å². The van der Waals surface area contributed by atoms with Crippen LogP contribution in [0.4, 0.5) is 34.1 Å². The van der Waals surface area contributed by atoms with E-state index in [0.717, 1.165) is 78.9 Å². The summed E-state index contributed by atoms with van der Waals surface area (Å²) < 4.78 is 4.80. The van der Waals surface area contributed by atoms with Crippen molar-refractivity contribution in [1.82, 2.24) is 9.13 Å². The summed E-state index contributed by atoms with van der Waals surface area (Å²) >= 11 is 0. The fourth-order valence-electron chi connectivity index (χ4n) is 11.4. The summed E-state index contributed by atoms with van der Waals surface area (Å²) in [5.41, 5.74) is 20.1. The van der Waals surface area contributed by atoms with Crippen LogP contribution in [0.2, 0.25) is 0 Å². The molecule has 0 saturated heterocycles. The van der Waals surface area contributed by atoms with Crippen molar-refractivity contribution >= 4 is 77.7 Å². The largest absolute Gasteiger partial charge is 0.310 e. The highest BCUT2D eigenvalue weighted by Gasteiger charge is 2.22. The molecule has 0 amide bonds. The number of fused-ring (bicyclic) bond motifs is 6. The molecule has 358 valence electrons. The maximum absolute atomic E-state index is 2.41. The zero-order valence-corrected chi connectivity index (χ0v) is 41.7. The number of anilines is 6. The number of hydrogen-bond acceptors (Lipinski definition) is 2. The fraction of sp³-hybridized carbons (Fsp3) is 0. The summed E-state index contributed by atoms with van der Waals surface area (Å²) in [6, 6.07) is 110. The highest BCUT2D eigenvalue weighted by molar-refractivity contribution is 6.12. The maximum atomic E-state index is 2.41. The molecule has 76 heavy (non-hydrogen) atoms. The summed E-state index contributed by atoms with van der Waals surface area (Å²) in [5.74, 6) is 0. The van der Waals surface area contributed by atoms with E-state index in [0.29, 0.717) is 0 Å². The van der Waals surface area contributed by atoms with Gasteiger partial charge in [0, 0.05) is 67.0 Å². The predicted molar refractivity (Wildman–Crippen MR) is 321 cm³/mol. The van der Waals surface area contributed by atoms with Crippen molar-refractivity contribution in [2.75, 3.05) is 9.80 Å². The number of para-hydroxylation sites is 8. The van der Waals surface area contributed by atoms with Gasteiger partial charge in [0.2, 0.25) is 0 Å². The van der Waals surface area contributed by atoms with Gasteiger partial charge < -0.3 is 18.9 Å². The first kappa shape index (κ1) is 44.5. The van der Waals surface area contributed by atoms with Crippen molar-refractivity contribution in [3.8, 4) is 44.8 Å². The molecule has 0 saturated carbocycles. The monoisotopic (exact) mass is 970 g/mol. The zero-order chi connectivity index (χ0) is 50.4. The number of nitrogens with zero attached hydrogens (tertiary/aromatic N) is 4. The topological polar surface area (TPSA) is 16.3 Å². The van der Waals surface area contributed by atoms with Crippen LogP contribution < -0.4 is 9.80 Å². The van der Waals surface area contributed by atoms with E-state index < -0.39 is 0 Å². The normalized spacial score (nSPS) is 11.4. The zero-order valence-electron chi connectivity index (χ0n) is 41.7. The molecule has 12 aromatic carbocycles. The molecule has 0 aliphatic rings. The Morgan fingerprint density at radius 3 is 0.987 bits per heavy atom. The van der Waals surface area contributed by atoms with Gasteiger partial charge in [-0.15, -0.1) is 0 Å². The quantitative estimate of drug-likeness (QED) is 0.128. The summed E-state index contributed by atoms with van der Waals surface area (Å²) in [5, 5.41) is 4.89. The van der Waals surface area contributed by atoms with Gasteiger partial charge in [-0.05, 0) is 173 Å². The van der Waals surface area contributed by atoms with E-state index in [2.05, 4.69) is 322 Å². The molecular formula is C72H50N4. The van der Waals surface area contributed by atoms with Gasteiger partial charge in [-0.2, -0.15) is 0 Å². The van der Waals surface area contributed by atoms with E-state index >= 15 is 0 Å². The third-order valence-electron chi connectivity index (χ3n) is 14.8. The van der Waals surface area contributed by atoms with Gasteiger partial charge >= 0.3 is 0 Å². The first-order chi connectivity index (χ1) is 37.7. The van der Waals surface area contributed by atoms with Gasteiger partial charge in [0.05, 0.1) is 22.1 Å². The molecule has 0 unspecified atom stereocenters. The second-order valence-electron chi connectivity index (χ2n) is 19.4. The van der Waals surface area contributed by atoms with Crippen molar-refractivity contribution in [2.24, 2.45) is 0 Å². The summed E-state index contributed by atoms with van der Waals surface area (Å²) in [4.78, 5) is 4.75. The fourth-order valence-corrected chi connectivity index (χ4v) is 11.4. The lowest BCUT2D eigenvalue weighted by Crippen LogP contribution is -2.13. The highest BCUT2D eigenvalue weighted by atomic mass is 15.2. The lowest BCUT2D eigenvalue weighted by molar-refractivity contribution is 1.18. The van der Waals surface area contributed by atoms with Gasteiger partial charge in [-0.25, -0.2) is 0 Å². The molecule has 2 aromatic heterocycles. The third kappa shape index (κ3) is 7.97. The Labute approximate surface area is 442 Å². The lowest BCUT2D eigenvalue weighted by atomic mass is 9.92. The van der Waals surface area contributed by atoms with E-state index in [9.17, 15) is 0 Å². The van der Waals surface area contributed by atoms with Crippen molar-refractivity contribution in [3.05, 3.63) is 303 Å². The van der Waals surface area contributed by atoms with E-state index in [-0.39, 0.29) is 0 Å². The van der Waals surface area contributed by atoms with Gasteiger partial charge in [-0.1, -0.05) is 164 Å². The molecule has 0 aliphatic carbocycles. The molecule has 0 bridgehead atoms.